The predicted octanol–water partition coefficient (Wildman–Crippen LogP) is 4.65. The van der Waals surface area contributed by atoms with Crippen LogP contribution in [0.25, 0.3) is 5.57 Å². The standard InChI is InChI=1S/C17H20F3N/c1-11-6-7-12(10-16(11)17(18,19)20)13-8-14-4-3-5-15(9-13)21(14)2/h6-8,10,14-15H,3-5,9H2,1-2H3. The summed E-state index contributed by atoms with van der Waals surface area (Å²) in [6, 6.07) is 5.59. The molecular weight excluding hydrogens is 275 g/mol. The Morgan fingerprint density at radius 1 is 1.19 bits per heavy atom. The zero-order chi connectivity index (χ0) is 15.2. The fourth-order valence-electron chi connectivity index (χ4n) is 3.58. The van der Waals surface area contributed by atoms with Gasteiger partial charge in [0.25, 0.3) is 0 Å². The first-order valence-electron chi connectivity index (χ1n) is 7.47. The van der Waals surface area contributed by atoms with E-state index in [9.17, 15) is 13.2 Å². The van der Waals surface area contributed by atoms with E-state index in [2.05, 4.69) is 18.0 Å². The molecule has 2 aliphatic heterocycles. The molecule has 4 heteroatoms. The van der Waals surface area contributed by atoms with Gasteiger partial charge in [-0.2, -0.15) is 13.2 Å². The zero-order valence-electron chi connectivity index (χ0n) is 12.4. The highest BCUT2D eigenvalue weighted by Crippen LogP contribution is 2.38. The van der Waals surface area contributed by atoms with E-state index in [1.807, 2.05) is 6.07 Å². The maximum absolute atomic E-state index is 13.1. The van der Waals surface area contributed by atoms with Gasteiger partial charge in [-0.05, 0) is 56.0 Å². The van der Waals surface area contributed by atoms with Crippen LogP contribution < -0.4 is 0 Å². The summed E-state index contributed by atoms with van der Waals surface area (Å²) in [5.74, 6) is 0. The molecule has 2 bridgehead atoms. The maximum atomic E-state index is 13.1. The molecule has 0 amide bonds. The van der Waals surface area contributed by atoms with Crippen molar-refractivity contribution in [2.45, 2.75) is 50.9 Å². The van der Waals surface area contributed by atoms with E-state index in [4.69, 9.17) is 0 Å². The monoisotopic (exact) mass is 295 g/mol. The van der Waals surface area contributed by atoms with Crippen LogP contribution in [0.3, 0.4) is 0 Å². The number of piperidine rings is 1. The minimum Gasteiger partial charge on any atom is -0.297 e. The molecule has 0 aromatic heterocycles. The molecule has 2 atom stereocenters. The van der Waals surface area contributed by atoms with Crippen LogP contribution >= 0.6 is 0 Å². The highest BCUT2D eigenvalue weighted by atomic mass is 19.4. The Balaban J connectivity index is 1.98. The number of nitrogens with zero attached hydrogens (tertiary/aromatic N) is 1. The van der Waals surface area contributed by atoms with Gasteiger partial charge in [0.05, 0.1) is 5.56 Å². The molecule has 1 saturated heterocycles. The first-order chi connectivity index (χ1) is 9.86. The third-order valence-electron chi connectivity index (χ3n) is 4.90. The van der Waals surface area contributed by atoms with Gasteiger partial charge in [0.2, 0.25) is 0 Å². The molecule has 2 aliphatic rings. The average molecular weight is 295 g/mol. The Kier molecular flexibility index (Phi) is 3.60. The minimum absolute atomic E-state index is 0.292. The summed E-state index contributed by atoms with van der Waals surface area (Å²) in [6.07, 6.45) is 2.21. The van der Waals surface area contributed by atoms with Crippen LogP contribution in [-0.4, -0.2) is 24.0 Å². The largest absolute Gasteiger partial charge is 0.416 e. The van der Waals surface area contributed by atoms with Crippen molar-refractivity contribution in [3.63, 3.8) is 0 Å². The second-order valence-corrected chi connectivity index (χ2v) is 6.24. The Morgan fingerprint density at radius 3 is 2.62 bits per heavy atom. The van der Waals surface area contributed by atoms with Crippen LogP contribution in [0.4, 0.5) is 13.2 Å². The van der Waals surface area contributed by atoms with Crippen molar-refractivity contribution in [1.82, 2.24) is 4.90 Å². The summed E-state index contributed by atoms with van der Waals surface area (Å²) in [5, 5.41) is 0. The summed E-state index contributed by atoms with van der Waals surface area (Å²) in [6.45, 7) is 1.52. The van der Waals surface area contributed by atoms with Crippen molar-refractivity contribution in [3.8, 4) is 0 Å². The van der Waals surface area contributed by atoms with Gasteiger partial charge < -0.3 is 0 Å². The molecule has 2 unspecified atom stereocenters. The van der Waals surface area contributed by atoms with Gasteiger partial charge in [0.15, 0.2) is 0 Å². The van der Waals surface area contributed by atoms with Gasteiger partial charge in [-0.25, -0.2) is 0 Å². The van der Waals surface area contributed by atoms with Crippen LogP contribution in [0.5, 0.6) is 0 Å². The third kappa shape index (κ3) is 2.73. The predicted molar refractivity (Wildman–Crippen MR) is 78.0 cm³/mol. The van der Waals surface area contributed by atoms with E-state index in [1.54, 1.807) is 6.07 Å². The minimum atomic E-state index is -4.28. The first kappa shape index (κ1) is 14.6. The van der Waals surface area contributed by atoms with Crippen LogP contribution in [0.15, 0.2) is 24.3 Å². The summed E-state index contributed by atoms with van der Waals surface area (Å²) in [4.78, 5) is 2.37. The number of rotatable bonds is 1. The lowest BCUT2D eigenvalue weighted by Gasteiger charge is -2.43. The van der Waals surface area contributed by atoms with Crippen LogP contribution in [0.1, 0.15) is 42.4 Å². The molecule has 1 aromatic rings. The van der Waals surface area contributed by atoms with E-state index in [-0.39, 0.29) is 0 Å². The highest BCUT2D eigenvalue weighted by Gasteiger charge is 2.34. The molecule has 21 heavy (non-hydrogen) atoms. The normalized spacial score (nSPS) is 26.6. The molecule has 0 saturated carbocycles. The number of fused-ring (bicyclic) bond motifs is 2. The Hall–Kier alpha value is -1.29. The van der Waals surface area contributed by atoms with Gasteiger partial charge in [-0.1, -0.05) is 24.6 Å². The molecule has 0 spiro atoms. The quantitative estimate of drug-likeness (QED) is 0.728. The Morgan fingerprint density at radius 2 is 1.95 bits per heavy atom. The number of alkyl halides is 3. The summed E-state index contributed by atoms with van der Waals surface area (Å²) in [7, 11) is 2.12. The smallest absolute Gasteiger partial charge is 0.297 e. The molecule has 3 rings (SSSR count). The molecule has 2 heterocycles. The van der Waals surface area contributed by atoms with Gasteiger partial charge in [-0.15, -0.1) is 0 Å². The first-order valence-corrected chi connectivity index (χ1v) is 7.47. The maximum Gasteiger partial charge on any atom is 0.416 e. The van der Waals surface area contributed by atoms with Crippen molar-refractivity contribution in [2.24, 2.45) is 0 Å². The lowest BCUT2D eigenvalue weighted by atomic mass is 9.83. The number of halogens is 3. The molecule has 1 aromatic carbocycles. The van der Waals surface area contributed by atoms with E-state index in [0.717, 1.165) is 30.4 Å². The molecule has 1 fully saturated rings. The summed E-state index contributed by atoms with van der Waals surface area (Å²) >= 11 is 0. The van der Waals surface area contributed by atoms with Crippen molar-refractivity contribution >= 4 is 5.57 Å². The van der Waals surface area contributed by atoms with Crippen molar-refractivity contribution < 1.29 is 13.2 Å². The molecule has 0 radical (unpaired) electrons. The SMILES string of the molecule is Cc1ccc(C2=CC3CCCC(C2)N3C)cc1C(F)(F)F. The molecular formula is C17H20F3N. The number of hydrogen-bond acceptors (Lipinski definition) is 1. The lowest BCUT2D eigenvalue weighted by Crippen LogP contribution is -2.45. The number of hydrogen-bond donors (Lipinski definition) is 0. The Labute approximate surface area is 123 Å². The van der Waals surface area contributed by atoms with Crippen LogP contribution in [-0.2, 0) is 6.18 Å². The van der Waals surface area contributed by atoms with Gasteiger partial charge in [-0.3, -0.25) is 4.90 Å². The van der Waals surface area contributed by atoms with E-state index in [1.165, 1.54) is 19.4 Å². The number of benzene rings is 1. The fraction of sp³-hybridized carbons (Fsp3) is 0.529. The topological polar surface area (TPSA) is 3.24 Å². The van der Waals surface area contributed by atoms with E-state index >= 15 is 0 Å². The lowest BCUT2D eigenvalue weighted by molar-refractivity contribution is -0.138. The van der Waals surface area contributed by atoms with E-state index < -0.39 is 11.7 Å². The van der Waals surface area contributed by atoms with Crippen LogP contribution in [0.2, 0.25) is 0 Å². The average Bonchev–Trinajstić information content (AvgIpc) is 2.37. The molecule has 114 valence electrons. The molecule has 0 aliphatic carbocycles. The number of likely N-dealkylation sites (N-methyl/N-ethyl adjacent to an activating group) is 1. The zero-order valence-corrected chi connectivity index (χ0v) is 12.4. The van der Waals surface area contributed by atoms with Gasteiger partial charge in [0.1, 0.15) is 0 Å². The fourth-order valence-corrected chi connectivity index (χ4v) is 3.58. The van der Waals surface area contributed by atoms with E-state index in [0.29, 0.717) is 17.6 Å². The molecule has 0 N–H and O–H groups in total. The van der Waals surface area contributed by atoms with Gasteiger partial charge >= 0.3 is 6.18 Å². The van der Waals surface area contributed by atoms with Gasteiger partial charge in [0, 0.05) is 12.1 Å². The van der Waals surface area contributed by atoms with Crippen molar-refractivity contribution in [3.05, 3.63) is 41.0 Å². The second-order valence-electron chi connectivity index (χ2n) is 6.24. The van der Waals surface area contributed by atoms with Crippen molar-refractivity contribution in [2.75, 3.05) is 7.05 Å². The molecule has 1 nitrogen and oxygen atoms in total. The third-order valence-corrected chi connectivity index (χ3v) is 4.90. The number of aryl methyl sites for hydroxylation is 1. The summed E-state index contributed by atoms with van der Waals surface area (Å²) in [5.41, 5.74) is 1.59. The Bertz CT molecular complexity index is 574. The summed E-state index contributed by atoms with van der Waals surface area (Å²) < 4.78 is 39.2. The van der Waals surface area contributed by atoms with Crippen molar-refractivity contribution in [1.29, 1.82) is 0 Å². The second kappa shape index (κ2) is 5.16. The highest BCUT2D eigenvalue weighted by molar-refractivity contribution is 5.69. The van der Waals surface area contributed by atoms with Crippen LogP contribution in [0, 0.1) is 6.92 Å².